The maximum absolute atomic E-state index is 2.67. The summed E-state index contributed by atoms with van der Waals surface area (Å²) in [6.45, 7) is 12.3. The van der Waals surface area contributed by atoms with Crippen LogP contribution in [-0.2, 0) is 0 Å². The van der Waals surface area contributed by atoms with Gasteiger partial charge in [-0.25, -0.2) is 0 Å². The van der Waals surface area contributed by atoms with Crippen molar-refractivity contribution in [2.24, 2.45) is 35.0 Å². The normalized spacial score (nSPS) is 44.5. The van der Waals surface area contributed by atoms with Gasteiger partial charge >= 0.3 is 0 Å². The van der Waals surface area contributed by atoms with E-state index in [2.05, 4.69) is 46.8 Å². The molecule has 0 nitrogen and oxygen atoms in total. The van der Waals surface area contributed by atoms with Crippen molar-refractivity contribution in [2.45, 2.75) is 66.7 Å². The summed E-state index contributed by atoms with van der Waals surface area (Å²) in [6.07, 6.45) is 12.3. The molecule has 0 spiro atoms. The van der Waals surface area contributed by atoms with Crippen LogP contribution >= 0.6 is 0 Å². The van der Waals surface area contributed by atoms with E-state index in [4.69, 9.17) is 0 Å². The molecule has 0 bridgehead atoms. The highest BCUT2D eigenvalue weighted by atomic mass is 14.6. The summed E-state index contributed by atoms with van der Waals surface area (Å²) in [5.74, 6) is 4.35. The molecule has 0 radical (unpaired) electrons. The third-order valence-electron chi connectivity index (χ3n) is 6.99. The number of fused-ring (bicyclic) bond motifs is 3. The fraction of sp³-hybridized carbons (Fsp3) is 0.800. The maximum Gasteiger partial charge on any atom is -0.0131 e. The van der Waals surface area contributed by atoms with E-state index in [0.717, 1.165) is 29.6 Å². The van der Waals surface area contributed by atoms with E-state index in [1.807, 2.05) is 0 Å². The molecule has 0 aromatic carbocycles. The minimum absolute atomic E-state index is 0.545. The van der Waals surface area contributed by atoms with E-state index in [9.17, 15) is 0 Å². The largest absolute Gasteiger partial charge is 0.0847 e. The minimum Gasteiger partial charge on any atom is -0.0847 e. The van der Waals surface area contributed by atoms with E-state index in [1.165, 1.54) is 32.1 Å². The molecular formula is C20H32. The Balaban J connectivity index is 2.01. The molecule has 112 valence electrons. The fourth-order valence-electron chi connectivity index (χ4n) is 5.89. The van der Waals surface area contributed by atoms with Gasteiger partial charge in [-0.05, 0) is 81.0 Å². The van der Waals surface area contributed by atoms with Gasteiger partial charge in [-0.3, -0.25) is 0 Å². The van der Waals surface area contributed by atoms with Gasteiger partial charge in [-0.15, -0.1) is 0 Å². The first-order chi connectivity index (χ1) is 9.43. The van der Waals surface area contributed by atoms with Crippen LogP contribution in [0, 0.1) is 35.0 Å². The molecule has 0 saturated heterocycles. The lowest BCUT2D eigenvalue weighted by molar-refractivity contribution is 0.0882. The van der Waals surface area contributed by atoms with Crippen LogP contribution in [0.5, 0.6) is 0 Å². The van der Waals surface area contributed by atoms with Crippen molar-refractivity contribution in [3.8, 4) is 0 Å². The predicted octanol–water partition coefficient (Wildman–Crippen LogP) is 6.00. The summed E-state index contributed by atoms with van der Waals surface area (Å²) < 4.78 is 0. The quantitative estimate of drug-likeness (QED) is 0.514. The monoisotopic (exact) mass is 272 g/mol. The fourth-order valence-corrected chi connectivity index (χ4v) is 5.89. The number of hydrogen-bond acceptors (Lipinski definition) is 0. The highest BCUT2D eigenvalue weighted by Gasteiger charge is 2.52. The van der Waals surface area contributed by atoms with Crippen LogP contribution in [0.1, 0.15) is 66.7 Å². The molecule has 0 aliphatic heterocycles. The van der Waals surface area contributed by atoms with Gasteiger partial charge < -0.3 is 0 Å². The van der Waals surface area contributed by atoms with Gasteiger partial charge in [0.05, 0.1) is 0 Å². The van der Waals surface area contributed by atoms with E-state index < -0.39 is 0 Å². The highest BCUT2D eigenvalue weighted by Crippen LogP contribution is 2.60. The molecule has 1 fully saturated rings. The van der Waals surface area contributed by atoms with Gasteiger partial charge in [0.15, 0.2) is 0 Å². The third-order valence-corrected chi connectivity index (χ3v) is 6.99. The summed E-state index contributed by atoms with van der Waals surface area (Å²) >= 11 is 0. The maximum atomic E-state index is 2.67. The van der Waals surface area contributed by atoms with Crippen molar-refractivity contribution in [2.75, 3.05) is 0 Å². The SMILES string of the molecule is CC1=CC2C(CC1)C(C)=CCC1(C)C(C(C)C)CCC21. The second-order valence-corrected chi connectivity index (χ2v) is 8.43. The molecule has 3 aliphatic carbocycles. The molecule has 5 atom stereocenters. The van der Waals surface area contributed by atoms with Gasteiger partial charge in [0.2, 0.25) is 0 Å². The third kappa shape index (κ3) is 2.11. The zero-order valence-corrected chi connectivity index (χ0v) is 14.1. The first-order valence-electron chi connectivity index (χ1n) is 8.77. The van der Waals surface area contributed by atoms with Gasteiger partial charge in [0, 0.05) is 0 Å². The molecule has 0 aromatic heterocycles. The molecule has 1 saturated carbocycles. The Bertz CT molecular complexity index is 439. The molecule has 3 rings (SSSR count). The molecule has 5 unspecified atom stereocenters. The van der Waals surface area contributed by atoms with Crippen molar-refractivity contribution in [1.82, 2.24) is 0 Å². The van der Waals surface area contributed by atoms with Gasteiger partial charge in [-0.2, -0.15) is 0 Å². The molecule has 0 N–H and O–H groups in total. The van der Waals surface area contributed by atoms with E-state index in [-0.39, 0.29) is 0 Å². The summed E-state index contributed by atoms with van der Waals surface area (Å²) in [5.41, 5.74) is 3.89. The van der Waals surface area contributed by atoms with Crippen molar-refractivity contribution in [3.63, 3.8) is 0 Å². The minimum atomic E-state index is 0.545. The number of allylic oxidation sites excluding steroid dienone is 4. The van der Waals surface area contributed by atoms with Gasteiger partial charge in [-0.1, -0.05) is 44.1 Å². The van der Waals surface area contributed by atoms with Crippen molar-refractivity contribution in [1.29, 1.82) is 0 Å². The average Bonchev–Trinajstić information content (AvgIpc) is 2.69. The lowest BCUT2D eigenvalue weighted by atomic mass is 9.62. The Morgan fingerprint density at radius 2 is 1.90 bits per heavy atom. The van der Waals surface area contributed by atoms with E-state index >= 15 is 0 Å². The number of rotatable bonds is 1. The van der Waals surface area contributed by atoms with Crippen molar-refractivity contribution in [3.05, 3.63) is 23.3 Å². The number of hydrogen-bond donors (Lipinski definition) is 0. The Hall–Kier alpha value is -0.520. The molecule has 0 amide bonds. The Morgan fingerprint density at radius 1 is 1.15 bits per heavy atom. The molecule has 0 heterocycles. The van der Waals surface area contributed by atoms with Gasteiger partial charge in [0.1, 0.15) is 0 Å². The van der Waals surface area contributed by atoms with Gasteiger partial charge in [0.25, 0.3) is 0 Å². The molecule has 20 heavy (non-hydrogen) atoms. The summed E-state index contributed by atoms with van der Waals surface area (Å²) in [4.78, 5) is 0. The van der Waals surface area contributed by atoms with Crippen LogP contribution in [0.15, 0.2) is 23.3 Å². The zero-order valence-electron chi connectivity index (χ0n) is 14.1. The smallest absolute Gasteiger partial charge is 0.0131 e. The first kappa shape index (κ1) is 14.4. The molecular weight excluding hydrogens is 240 g/mol. The Morgan fingerprint density at radius 3 is 2.60 bits per heavy atom. The van der Waals surface area contributed by atoms with Crippen LogP contribution < -0.4 is 0 Å². The average molecular weight is 272 g/mol. The lowest BCUT2D eigenvalue weighted by Crippen LogP contribution is -2.36. The molecule has 0 heteroatoms. The van der Waals surface area contributed by atoms with Crippen LogP contribution in [0.3, 0.4) is 0 Å². The Labute approximate surface area is 125 Å². The summed E-state index contributed by atoms with van der Waals surface area (Å²) in [6, 6.07) is 0. The lowest BCUT2D eigenvalue weighted by Gasteiger charge is -2.43. The second kappa shape index (κ2) is 5.04. The summed E-state index contributed by atoms with van der Waals surface area (Å²) in [5, 5.41) is 0. The van der Waals surface area contributed by atoms with Crippen molar-refractivity contribution < 1.29 is 0 Å². The van der Waals surface area contributed by atoms with Crippen LogP contribution in [0.2, 0.25) is 0 Å². The zero-order chi connectivity index (χ0) is 14.5. The predicted molar refractivity (Wildman–Crippen MR) is 87.5 cm³/mol. The van der Waals surface area contributed by atoms with E-state index in [1.54, 1.807) is 11.1 Å². The second-order valence-electron chi connectivity index (χ2n) is 8.43. The summed E-state index contributed by atoms with van der Waals surface area (Å²) in [7, 11) is 0. The first-order valence-corrected chi connectivity index (χ1v) is 8.77. The molecule has 3 aliphatic rings. The van der Waals surface area contributed by atoms with Crippen LogP contribution in [0.25, 0.3) is 0 Å². The van der Waals surface area contributed by atoms with Crippen molar-refractivity contribution >= 4 is 0 Å². The highest BCUT2D eigenvalue weighted by molar-refractivity contribution is 5.22. The standard InChI is InChI=1S/C20H32/c1-13(2)18-8-9-19-17-12-14(3)6-7-16(17)15(4)10-11-20(18,19)5/h10,12-13,16-19H,6-9,11H2,1-5H3. The van der Waals surface area contributed by atoms with Crippen LogP contribution in [-0.4, -0.2) is 0 Å². The van der Waals surface area contributed by atoms with E-state index in [0.29, 0.717) is 5.41 Å². The topological polar surface area (TPSA) is 0 Å². The Kier molecular flexibility index (Phi) is 3.63. The molecule has 0 aromatic rings. The van der Waals surface area contributed by atoms with Crippen LogP contribution in [0.4, 0.5) is 0 Å².